The van der Waals surface area contributed by atoms with Crippen molar-refractivity contribution in [2.45, 2.75) is 6.92 Å². The molecule has 4 aromatic rings. The van der Waals surface area contributed by atoms with Crippen LogP contribution in [0.2, 0.25) is 0 Å². The molecule has 0 saturated heterocycles. The summed E-state index contributed by atoms with van der Waals surface area (Å²) in [5.74, 6) is -0.899. The van der Waals surface area contributed by atoms with Crippen LogP contribution in [-0.2, 0) is 0 Å². The molecule has 2 heterocycles. The predicted octanol–water partition coefficient (Wildman–Crippen LogP) is 3.65. The lowest BCUT2D eigenvalue weighted by Crippen LogP contribution is -2.11. The minimum absolute atomic E-state index is 0.0967. The third-order valence-corrected chi connectivity index (χ3v) is 5.68. The third kappa shape index (κ3) is 3.55. The van der Waals surface area contributed by atoms with Crippen molar-refractivity contribution in [1.29, 1.82) is 0 Å². The highest BCUT2D eigenvalue weighted by molar-refractivity contribution is 7.20. The Morgan fingerprint density at radius 1 is 1.17 bits per heavy atom. The van der Waals surface area contributed by atoms with Gasteiger partial charge in [0, 0.05) is 5.57 Å². The van der Waals surface area contributed by atoms with E-state index in [0.717, 1.165) is 16.9 Å². The van der Waals surface area contributed by atoms with Gasteiger partial charge in [0.25, 0.3) is 5.56 Å². The number of carbonyl (C=O) groups is 1. The van der Waals surface area contributed by atoms with Gasteiger partial charge in [0.15, 0.2) is 0 Å². The number of fused-ring (bicyclic) bond motifs is 1. The summed E-state index contributed by atoms with van der Waals surface area (Å²) in [5, 5.41) is 21.4. The molecule has 2 aromatic heterocycles. The molecule has 0 spiro atoms. The molecule has 0 radical (unpaired) electrons. The van der Waals surface area contributed by atoms with Gasteiger partial charge < -0.3 is 15.2 Å². The van der Waals surface area contributed by atoms with E-state index in [2.05, 4.69) is 9.97 Å². The average molecular weight is 403 g/mol. The van der Waals surface area contributed by atoms with Crippen LogP contribution in [0.1, 0.15) is 32.2 Å². The van der Waals surface area contributed by atoms with E-state index < -0.39 is 11.5 Å². The van der Waals surface area contributed by atoms with Gasteiger partial charge in [-0.25, -0.2) is 9.78 Å². The van der Waals surface area contributed by atoms with Gasteiger partial charge in [-0.1, -0.05) is 54.6 Å². The van der Waals surface area contributed by atoms with Gasteiger partial charge >= 0.3 is 5.97 Å². The lowest BCUT2D eigenvalue weighted by molar-refractivity contribution is -0.268. The number of aryl methyl sites for hydroxylation is 1. The Hall–Kier alpha value is -3.71. The minimum Gasteiger partial charge on any atom is -0.872 e. The number of aromatic nitrogens is 2. The van der Waals surface area contributed by atoms with Gasteiger partial charge in [-0.05, 0) is 29.7 Å². The van der Waals surface area contributed by atoms with E-state index in [-0.39, 0.29) is 16.0 Å². The summed E-state index contributed by atoms with van der Waals surface area (Å²) in [6.45, 7) is 1.60. The molecule has 0 aliphatic carbocycles. The van der Waals surface area contributed by atoms with E-state index in [1.165, 1.54) is 12.1 Å². The SMILES string of the molecule is Cc1c(C(=O)O)sc2nc(/C(=C\c3cccc([O-])c3)c3ccccc3)[nH]c(=O)c12. The van der Waals surface area contributed by atoms with Gasteiger partial charge in [0.1, 0.15) is 15.5 Å². The fourth-order valence-corrected chi connectivity index (χ4v) is 4.17. The average Bonchev–Trinajstić information content (AvgIpc) is 3.04. The summed E-state index contributed by atoms with van der Waals surface area (Å²) in [4.78, 5) is 32.0. The number of rotatable bonds is 4. The monoisotopic (exact) mass is 403 g/mol. The van der Waals surface area contributed by atoms with Crippen LogP contribution in [0.25, 0.3) is 21.9 Å². The standard InChI is InChI=1S/C22H16N2O4S/c1-12-17-20(26)23-19(24-21(17)29-18(12)22(27)28)16(14-7-3-2-4-8-14)11-13-6-5-9-15(25)10-13/h2-11,25H,1H3,(H,27,28)(H,23,24,26)/p-1/b16-11-. The van der Waals surface area contributed by atoms with Crippen molar-refractivity contribution < 1.29 is 15.0 Å². The maximum Gasteiger partial charge on any atom is 0.346 e. The Morgan fingerprint density at radius 3 is 2.62 bits per heavy atom. The molecule has 144 valence electrons. The first-order valence-electron chi connectivity index (χ1n) is 8.75. The van der Waals surface area contributed by atoms with E-state index in [9.17, 15) is 19.8 Å². The number of benzene rings is 2. The quantitative estimate of drug-likeness (QED) is 0.506. The second kappa shape index (κ2) is 7.37. The van der Waals surface area contributed by atoms with Crippen LogP contribution in [0, 0.1) is 6.92 Å². The number of nitrogens with zero attached hydrogens (tertiary/aromatic N) is 1. The largest absolute Gasteiger partial charge is 0.872 e. The number of aromatic amines is 1. The third-order valence-electron chi connectivity index (χ3n) is 4.50. The highest BCUT2D eigenvalue weighted by Crippen LogP contribution is 2.30. The number of H-pyrrole nitrogens is 1. The van der Waals surface area contributed by atoms with Crippen LogP contribution in [0.4, 0.5) is 0 Å². The van der Waals surface area contributed by atoms with Gasteiger partial charge in [-0.2, -0.15) is 0 Å². The Morgan fingerprint density at radius 2 is 1.93 bits per heavy atom. The predicted molar refractivity (Wildman–Crippen MR) is 111 cm³/mol. The molecule has 0 saturated carbocycles. The van der Waals surface area contributed by atoms with E-state index in [1.807, 2.05) is 30.3 Å². The highest BCUT2D eigenvalue weighted by atomic mass is 32.1. The second-order valence-corrected chi connectivity index (χ2v) is 7.45. The molecule has 0 aliphatic rings. The van der Waals surface area contributed by atoms with Crippen LogP contribution < -0.4 is 10.7 Å². The highest BCUT2D eigenvalue weighted by Gasteiger charge is 2.19. The number of hydrogen-bond donors (Lipinski definition) is 2. The fourth-order valence-electron chi connectivity index (χ4n) is 3.15. The lowest BCUT2D eigenvalue weighted by atomic mass is 10.0. The van der Waals surface area contributed by atoms with Crippen molar-refractivity contribution in [3.63, 3.8) is 0 Å². The molecular weight excluding hydrogens is 388 g/mol. The normalized spacial score (nSPS) is 11.7. The molecule has 29 heavy (non-hydrogen) atoms. The smallest absolute Gasteiger partial charge is 0.346 e. The van der Waals surface area contributed by atoms with Crippen LogP contribution in [0.15, 0.2) is 59.4 Å². The zero-order valence-electron chi connectivity index (χ0n) is 15.3. The Kier molecular flexibility index (Phi) is 4.74. The van der Waals surface area contributed by atoms with Crippen molar-refractivity contribution in [3.05, 3.63) is 92.3 Å². The van der Waals surface area contributed by atoms with Gasteiger partial charge in [0.2, 0.25) is 0 Å². The first-order chi connectivity index (χ1) is 13.9. The summed E-state index contributed by atoms with van der Waals surface area (Å²) in [6.07, 6.45) is 1.78. The maximum atomic E-state index is 12.7. The summed E-state index contributed by atoms with van der Waals surface area (Å²) >= 11 is 0.974. The lowest BCUT2D eigenvalue weighted by Gasteiger charge is -2.10. The van der Waals surface area contributed by atoms with E-state index in [0.29, 0.717) is 27.4 Å². The summed E-state index contributed by atoms with van der Waals surface area (Å²) < 4.78 is 0. The first-order valence-corrected chi connectivity index (χ1v) is 9.57. The molecule has 2 aromatic carbocycles. The molecule has 4 rings (SSSR count). The van der Waals surface area contributed by atoms with Crippen LogP contribution in [0.3, 0.4) is 0 Å². The number of aromatic carboxylic acids is 1. The van der Waals surface area contributed by atoms with Crippen molar-refractivity contribution in [3.8, 4) is 5.75 Å². The number of hydrogen-bond acceptors (Lipinski definition) is 5. The number of carboxylic acid groups (broad SMARTS) is 1. The van der Waals surface area contributed by atoms with Crippen molar-refractivity contribution in [2.24, 2.45) is 0 Å². The maximum absolute atomic E-state index is 12.7. The fraction of sp³-hybridized carbons (Fsp3) is 0.0455. The number of thiophene rings is 1. The molecule has 2 N–H and O–H groups in total. The van der Waals surface area contributed by atoms with E-state index in [4.69, 9.17) is 0 Å². The molecule has 0 atom stereocenters. The van der Waals surface area contributed by atoms with Gasteiger partial charge in [-0.3, -0.25) is 4.79 Å². The number of nitrogens with one attached hydrogen (secondary N) is 1. The zero-order chi connectivity index (χ0) is 20.5. The molecule has 6 nitrogen and oxygen atoms in total. The minimum atomic E-state index is -1.09. The summed E-state index contributed by atoms with van der Waals surface area (Å²) in [7, 11) is 0. The molecule has 0 amide bonds. The van der Waals surface area contributed by atoms with Crippen molar-refractivity contribution >= 4 is 39.2 Å². The van der Waals surface area contributed by atoms with E-state index in [1.54, 1.807) is 25.1 Å². The molecular formula is C22H15N2O4S-. The van der Waals surface area contributed by atoms with Crippen LogP contribution >= 0.6 is 11.3 Å². The Labute approximate surface area is 169 Å². The molecule has 0 aliphatic heterocycles. The first kappa shape index (κ1) is 18.6. The molecule has 0 fully saturated rings. The topological polar surface area (TPSA) is 106 Å². The van der Waals surface area contributed by atoms with E-state index >= 15 is 0 Å². The summed E-state index contributed by atoms with van der Waals surface area (Å²) in [6, 6.07) is 15.8. The Balaban J connectivity index is 1.97. The van der Waals surface area contributed by atoms with Crippen molar-refractivity contribution in [2.75, 3.05) is 0 Å². The molecule has 7 heteroatoms. The zero-order valence-corrected chi connectivity index (χ0v) is 16.1. The summed E-state index contributed by atoms with van der Waals surface area (Å²) in [5.41, 5.74) is 2.11. The molecule has 0 unspecified atom stereocenters. The van der Waals surface area contributed by atoms with Crippen molar-refractivity contribution in [1.82, 2.24) is 9.97 Å². The van der Waals surface area contributed by atoms with Crippen LogP contribution in [0.5, 0.6) is 5.75 Å². The van der Waals surface area contributed by atoms with Crippen LogP contribution in [-0.4, -0.2) is 21.0 Å². The molecule has 0 bridgehead atoms. The second-order valence-electron chi connectivity index (χ2n) is 6.45. The van der Waals surface area contributed by atoms with Gasteiger partial charge in [0.05, 0.1) is 5.39 Å². The van der Waals surface area contributed by atoms with Gasteiger partial charge in [-0.15, -0.1) is 17.1 Å². The Bertz CT molecular complexity index is 1320. The number of carboxylic acids is 1.